The average molecular weight is 234 g/mol. The van der Waals surface area contributed by atoms with E-state index < -0.39 is 0 Å². The smallest absolute Gasteiger partial charge is 0.251 e. The van der Waals surface area contributed by atoms with Gasteiger partial charge in [-0.15, -0.1) is 0 Å². The molecule has 4 nitrogen and oxygen atoms in total. The van der Waals surface area contributed by atoms with Crippen molar-refractivity contribution < 1.29 is 9.53 Å². The zero-order chi connectivity index (χ0) is 12.1. The predicted molar refractivity (Wildman–Crippen MR) is 66.8 cm³/mol. The first-order chi connectivity index (χ1) is 8.25. The van der Waals surface area contributed by atoms with E-state index in [4.69, 9.17) is 10.5 Å². The van der Waals surface area contributed by atoms with Crippen LogP contribution in [0.5, 0.6) is 0 Å². The molecule has 0 bridgehead atoms. The second-order valence-electron chi connectivity index (χ2n) is 4.30. The number of rotatable bonds is 4. The van der Waals surface area contributed by atoms with Crippen LogP contribution in [0.25, 0.3) is 0 Å². The minimum atomic E-state index is -0.0528. The molecule has 2 rings (SSSR count). The summed E-state index contributed by atoms with van der Waals surface area (Å²) in [5, 5.41) is 2.89. The van der Waals surface area contributed by atoms with Crippen molar-refractivity contribution in [2.24, 2.45) is 0 Å². The van der Waals surface area contributed by atoms with Gasteiger partial charge in [0, 0.05) is 24.4 Å². The Kier molecular flexibility index (Phi) is 3.98. The van der Waals surface area contributed by atoms with Crippen molar-refractivity contribution >= 4 is 11.6 Å². The number of hydrogen-bond donors (Lipinski definition) is 2. The molecular formula is C13H18N2O2. The van der Waals surface area contributed by atoms with Gasteiger partial charge < -0.3 is 15.8 Å². The van der Waals surface area contributed by atoms with Gasteiger partial charge in [0.15, 0.2) is 0 Å². The molecule has 1 aromatic carbocycles. The molecule has 1 amide bonds. The minimum Gasteiger partial charge on any atom is -0.399 e. The molecule has 0 saturated carbocycles. The standard InChI is InChI=1S/C13H18N2O2/c14-11-5-3-10(4-6-11)13(16)15-8-7-12-2-1-9-17-12/h3-6,12H,1-2,7-9,14H2,(H,15,16). The summed E-state index contributed by atoms with van der Waals surface area (Å²) in [6.45, 7) is 1.52. The largest absolute Gasteiger partial charge is 0.399 e. The van der Waals surface area contributed by atoms with E-state index in [0.717, 1.165) is 25.9 Å². The van der Waals surface area contributed by atoms with Crippen molar-refractivity contribution in [3.63, 3.8) is 0 Å². The van der Waals surface area contributed by atoms with Crippen LogP contribution >= 0.6 is 0 Å². The maximum atomic E-state index is 11.7. The molecule has 1 aromatic rings. The topological polar surface area (TPSA) is 64.4 Å². The van der Waals surface area contributed by atoms with Gasteiger partial charge in [0.2, 0.25) is 0 Å². The fraction of sp³-hybridized carbons (Fsp3) is 0.462. The first-order valence-electron chi connectivity index (χ1n) is 6.01. The van der Waals surface area contributed by atoms with Gasteiger partial charge in [0.05, 0.1) is 6.10 Å². The number of benzene rings is 1. The Morgan fingerprint density at radius 2 is 2.18 bits per heavy atom. The van der Waals surface area contributed by atoms with Crippen LogP contribution < -0.4 is 11.1 Å². The summed E-state index contributed by atoms with van der Waals surface area (Å²) in [5.74, 6) is -0.0528. The lowest BCUT2D eigenvalue weighted by molar-refractivity contribution is 0.0907. The number of nitrogens with one attached hydrogen (secondary N) is 1. The summed E-state index contributed by atoms with van der Waals surface area (Å²) >= 11 is 0. The first kappa shape index (κ1) is 11.9. The molecule has 0 radical (unpaired) electrons. The molecule has 1 aliphatic heterocycles. The van der Waals surface area contributed by atoms with E-state index in [0.29, 0.717) is 23.9 Å². The fourth-order valence-electron chi connectivity index (χ4n) is 1.96. The number of amides is 1. The highest BCUT2D eigenvalue weighted by atomic mass is 16.5. The second kappa shape index (κ2) is 5.68. The maximum absolute atomic E-state index is 11.7. The number of ether oxygens (including phenoxy) is 1. The van der Waals surface area contributed by atoms with E-state index in [-0.39, 0.29) is 5.91 Å². The van der Waals surface area contributed by atoms with E-state index >= 15 is 0 Å². The van der Waals surface area contributed by atoms with Gasteiger partial charge in [-0.3, -0.25) is 4.79 Å². The van der Waals surface area contributed by atoms with Crippen molar-refractivity contribution in [3.05, 3.63) is 29.8 Å². The van der Waals surface area contributed by atoms with Crippen LogP contribution in [0.3, 0.4) is 0 Å². The second-order valence-corrected chi connectivity index (χ2v) is 4.30. The number of nitrogen functional groups attached to an aromatic ring is 1. The molecule has 1 saturated heterocycles. The Morgan fingerprint density at radius 1 is 1.41 bits per heavy atom. The molecule has 1 heterocycles. The molecule has 1 atom stereocenters. The van der Waals surface area contributed by atoms with E-state index in [9.17, 15) is 4.79 Å². The van der Waals surface area contributed by atoms with Gasteiger partial charge in [0.25, 0.3) is 5.91 Å². The maximum Gasteiger partial charge on any atom is 0.251 e. The molecule has 0 spiro atoms. The van der Waals surface area contributed by atoms with Crippen LogP contribution in [0.4, 0.5) is 5.69 Å². The molecule has 3 N–H and O–H groups in total. The molecular weight excluding hydrogens is 216 g/mol. The molecule has 0 aromatic heterocycles. The molecule has 17 heavy (non-hydrogen) atoms. The molecule has 4 heteroatoms. The average Bonchev–Trinajstić information content (AvgIpc) is 2.83. The molecule has 0 aliphatic carbocycles. The number of anilines is 1. The SMILES string of the molecule is Nc1ccc(C(=O)NCCC2CCCO2)cc1. The van der Waals surface area contributed by atoms with Crippen LogP contribution in [0.1, 0.15) is 29.6 Å². The summed E-state index contributed by atoms with van der Waals surface area (Å²) in [5.41, 5.74) is 6.87. The van der Waals surface area contributed by atoms with Crippen LogP contribution in [0, 0.1) is 0 Å². The van der Waals surface area contributed by atoms with Gasteiger partial charge >= 0.3 is 0 Å². The van der Waals surface area contributed by atoms with Crippen molar-refractivity contribution in [2.45, 2.75) is 25.4 Å². The van der Waals surface area contributed by atoms with E-state index in [1.807, 2.05) is 0 Å². The lowest BCUT2D eigenvalue weighted by Gasteiger charge is -2.10. The normalized spacial score (nSPS) is 19.2. The van der Waals surface area contributed by atoms with Crippen molar-refractivity contribution in [3.8, 4) is 0 Å². The summed E-state index contributed by atoms with van der Waals surface area (Å²) in [4.78, 5) is 11.7. The fourth-order valence-corrected chi connectivity index (χ4v) is 1.96. The van der Waals surface area contributed by atoms with Gasteiger partial charge in [-0.1, -0.05) is 0 Å². The zero-order valence-electron chi connectivity index (χ0n) is 9.82. The van der Waals surface area contributed by atoms with E-state index in [2.05, 4.69) is 5.32 Å². The summed E-state index contributed by atoms with van der Waals surface area (Å²) in [6.07, 6.45) is 3.45. The van der Waals surface area contributed by atoms with Crippen molar-refractivity contribution in [1.82, 2.24) is 5.32 Å². The Hall–Kier alpha value is -1.55. The van der Waals surface area contributed by atoms with Crippen LogP contribution in [0.2, 0.25) is 0 Å². The highest BCUT2D eigenvalue weighted by Gasteiger charge is 2.15. The van der Waals surface area contributed by atoms with Crippen LogP contribution in [0.15, 0.2) is 24.3 Å². The van der Waals surface area contributed by atoms with Crippen molar-refractivity contribution in [2.75, 3.05) is 18.9 Å². The third-order valence-corrected chi connectivity index (χ3v) is 2.95. The summed E-state index contributed by atoms with van der Waals surface area (Å²) in [7, 11) is 0. The quantitative estimate of drug-likeness (QED) is 0.777. The number of hydrogen-bond acceptors (Lipinski definition) is 3. The number of carbonyl (C=O) groups excluding carboxylic acids is 1. The third kappa shape index (κ3) is 3.46. The molecule has 92 valence electrons. The summed E-state index contributed by atoms with van der Waals surface area (Å²) < 4.78 is 5.49. The predicted octanol–water partition coefficient (Wildman–Crippen LogP) is 1.57. The van der Waals surface area contributed by atoms with Crippen LogP contribution in [-0.4, -0.2) is 25.2 Å². The number of nitrogens with two attached hydrogens (primary N) is 1. The summed E-state index contributed by atoms with van der Waals surface area (Å²) in [6, 6.07) is 6.93. The highest BCUT2D eigenvalue weighted by Crippen LogP contribution is 2.14. The zero-order valence-corrected chi connectivity index (χ0v) is 9.82. The van der Waals surface area contributed by atoms with Gasteiger partial charge in [-0.05, 0) is 43.5 Å². The Labute approximate surface area is 101 Å². The van der Waals surface area contributed by atoms with Gasteiger partial charge in [-0.2, -0.15) is 0 Å². The Balaban J connectivity index is 1.75. The van der Waals surface area contributed by atoms with Gasteiger partial charge in [0.1, 0.15) is 0 Å². The number of carbonyl (C=O) groups is 1. The van der Waals surface area contributed by atoms with Gasteiger partial charge in [-0.25, -0.2) is 0 Å². The third-order valence-electron chi connectivity index (χ3n) is 2.95. The Morgan fingerprint density at radius 3 is 2.82 bits per heavy atom. The molecule has 1 unspecified atom stereocenters. The Bertz CT molecular complexity index is 370. The van der Waals surface area contributed by atoms with Crippen LogP contribution in [-0.2, 0) is 4.74 Å². The van der Waals surface area contributed by atoms with Crippen molar-refractivity contribution in [1.29, 1.82) is 0 Å². The molecule has 1 fully saturated rings. The van der Waals surface area contributed by atoms with E-state index in [1.165, 1.54) is 0 Å². The lowest BCUT2D eigenvalue weighted by Crippen LogP contribution is -2.26. The lowest BCUT2D eigenvalue weighted by atomic mass is 10.1. The highest BCUT2D eigenvalue weighted by molar-refractivity contribution is 5.94. The molecule has 1 aliphatic rings. The monoisotopic (exact) mass is 234 g/mol. The first-order valence-corrected chi connectivity index (χ1v) is 6.01. The minimum absolute atomic E-state index is 0.0528. The van der Waals surface area contributed by atoms with E-state index in [1.54, 1.807) is 24.3 Å².